The lowest BCUT2D eigenvalue weighted by molar-refractivity contribution is 0.826. The number of benzene rings is 1. The van der Waals surface area contributed by atoms with Crippen molar-refractivity contribution in [3.05, 3.63) is 53.9 Å². The third kappa shape index (κ3) is 2.41. The largest absolute Gasteiger partial charge is 0.234 e. The molecule has 0 aliphatic carbocycles. The van der Waals surface area contributed by atoms with Crippen LogP contribution in [-0.2, 0) is 12.3 Å². The number of rotatable bonds is 4. The molecule has 0 bridgehead atoms. The average Bonchev–Trinajstić information content (AvgIpc) is 2.91. The molecule has 0 saturated carbocycles. The molecule has 102 valence electrons. The van der Waals surface area contributed by atoms with Crippen LogP contribution in [0.1, 0.15) is 24.6 Å². The molecule has 3 aromatic rings. The predicted octanol–water partition coefficient (Wildman–Crippen LogP) is 4.11. The minimum Gasteiger partial charge on any atom is -0.234 e. The third-order valence-corrected chi connectivity index (χ3v) is 3.59. The summed E-state index contributed by atoms with van der Waals surface area (Å²) in [6.45, 7) is 2.15. The summed E-state index contributed by atoms with van der Waals surface area (Å²) in [7, 11) is 0. The maximum Gasteiger partial charge on any atom is 0.154 e. The van der Waals surface area contributed by atoms with Crippen LogP contribution in [0.4, 0.5) is 0 Å². The van der Waals surface area contributed by atoms with Crippen LogP contribution in [0.5, 0.6) is 0 Å². The molecule has 0 amide bonds. The molecule has 0 aliphatic rings. The van der Waals surface area contributed by atoms with Crippen molar-refractivity contribution >= 4 is 22.5 Å². The number of para-hydroxylation sites is 1. The van der Waals surface area contributed by atoms with Crippen molar-refractivity contribution in [1.82, 2.24) is 14.8 Å². The van der Waals surface area contributed by atoms with E-state index in [4.69, 9.17) is 16.6 Å². The summed E-state index contributed by atoms with van der Waals surface area (Å²) in [5.74, 6) is 1.33. The smallest absolute Gasteiger partial charge is 0.154 e. The van der Waals surface area contributed by atoms with E-state index in [1.165, 1.54) is 0 Å². The van der Waals surface area contributed by atoms with Crippen LogP contribution in [0.2, 0.25) is 0 Å². The van der Waals surface area contributed by atoms with E-state index in [0.717, 1.165) is 40.8 Å². The van der Waals surface area contributed by atoms with Crippen LogP contribution in [0, 0.1) is 0 Å². The standard InChI is InChI=1S/C16H16ClN3/c1-2-5-14-8-12(10-17)9-16(19-14)20-15-7-4-3-6-13(15)11-18-20/h3-4,6-9,11H,2,5,10H2,1H3. The van der Waals surface area contributed by atoms with E-state index in [2.05, 4.69) is 30.2 Å². The summed E-state index contributed by atoms with van der Waals surface area (Å²) in [6.07, 6.45) is 3.89. The molecule has 0 fully saturated rings. The first-order chi connectivity index (χ1) is 9.81. The summed E-state index contributed by atoms with van der Waals surface area (Å²) in [5.41, 5.74) is 3.22. The molecule has 3 nitrogen and oxygen atoms in total. The van der Waals surface area contributed by atoms with Gasteiger partial charge < -0.3 is 0 Å². The van der Waals surface area contributed by atoms with Crippen LogP contribution in [-0.4, -0.2) is 14.8 Å². The monoisotopic (exact) mass is 285 g/mol. The molecule has 20 heavy (non-hydrogen) atoms. The zero-order valence-corrected chi connectivity index (χ0v) is 12.1. The Balaban J connectivity index is 2.15. The predicted molar refractivity (Wildman–Crippen MR) is 82.4 cm³/mol. The Bertz CT molecular complexity index is 733. The highest BCUT2D eigenvalue weighted by molar-refractivity contribution is 6.17. The lowest BCUT2D eigenvalue weighted by Crippen LogP contribution is -2.03. The second kappa shape index (κ2) is 5.63. The van der Waals surface area contributed by atoms with Gasteiger partial charge in [-0.05, 0) is 30.2 Å². The van der Waals surface area contributed by atoms with Gasteiger partial charge in [0.1, 0.15) is 0 Å². The van der Waals surface area contributed by atoms with E-state index in [1.54, 1.807) is 0 Å². The molecule has 4 heteroatoms. The molecule has 0 radical (unpaired) electrons. The fraction of sp³-hybridized carbons (Fsp3) is 0.250. The molecule has 0 unspecified atom stereocenters. The second-order valence-electron chi connectivity index (χ2n) is 4.82. The summed E-state index contributed by atoms with van der Waals surface area (Å²) < 4.78 is 1.88. The minimum absolute atomic E-state index is 0.492. The van der Waals surface area contributed by atoms with Crippen molar-refractivity contribution in [2.24, 2.45) is 0 Å². The first-order valence-electron chi connectivity index (χ1n) is 6.80. The van der Waals surface area contributed by atoms with Gasteiger partial charge in [0.2, 0.25) is 0 Å². The number of hydrogen-bond acceptors (Lipinski definition) is 2. The summed E-state index contributed by atoms with van der Waals surface area (Å²) >= 11 is 5.99. The third-order valence-electron chi connectivity index (χ3n) is 3.28. The zero-order valence-electron chi connectivity index (χ0n) is 11.4. The zero-order chi connectivity index (χ0) is 13.9. The van der Waals surface area contributed by atoms with Crippen molar-refractivity contribution in [2.45, 2.75) is 25.6 Å². The Kier molecular flexibility index (Phi) is 3.70. The van der Waals surface area contributed by atoms with Crippen molar-refractivity contribution < 1.29 is 0 Å². The van der Waals surface area contributed by atoms with Crippen LogP contribution in [0.3, 0.4) is 0 Å². The van der Waals surface area contributed by atoms with Gasteiger partial charge in [-0.2, -0.15) is 5.10 Å². The van der Waals surface area contributed by atoms with Gasteiger partial charge in [0.05, 0.1) is 11.7 Å². The van der Waals surface area contributed by atoms with Gasteiger partial charge in [-0.3, -0.25) is 0 Å². The molecular weight excluding hydrogens is 270 g/mol. The van der Waals surface area contributed by atoms with Crippen LogP contribution in [0.15, 0.2) is 42.6 Å². The van der Waals surface area contributed by atoms with Gasteiger partial charge in [-0.25, -0.2) is 9.67 Å². The lowest BCUT2D eigenvalue weighted by atomic mass is 10.2. The highest BCUT2D eigenvalue weighted by atomic mass is 35.5. The Morgan fingerprint density at radius 1 is 1.20 bits per heavy atom. The van der Waals surface area contributed by atoms with Gasteiger partial charge in [0.15, 0.2) is 5.82 Å². The van der Waals surface area contributed by atoms with Crippen molar-refractivity contribution in [3.8, 4) is 5.82 Å². The number of aryl methyl sites for hydroxylation is 1. The van der Waals surface area contributed by atoms with Crippen LogP contribution in [0.25, 0.3) is 16.7 Å². The summed E-state index contributed by atoms with van der Waals surface area (Å²) in [4.78, 5) is 4.71. The van der Waals surface area contributed by atoms with Gasteiger partial charge in [-0.1, -0.05) is 31.5 Å². The molecule has 3 rings (SSSR count). The molecule has 2 aromatic heterocycles. The molecule has 2 heterocycles. The normalized spacial score (nSPS) is 11.1. The number of hydrogen-bond donors (Lipinski definition) is 0. The van der Waals surface area contributed by atoms with Gasteiger partial charge in [0, 0.05) is 17.0 Å². The Hall–Kier alpha value is -1.87. The number of pyridine rings is 1. The first-order valence-corrected chi connectivity index (χ1v) is 7.34. The highest BCUT2D eigenvalue weighted by Gasteiger charge is 2.08. The molecule has 0 N–H and O–H groups in total. The van der Waals surface area contributed by atoms with Crippen LogP contribution >= 0.6 is 11.6 Å². The van der Waals surface area contributed by atoms with E-state index in [-0.39, 0.29) is 0 Å². The highest BCUT2D eigenvalue weighted by Crippen LogP contribution is 2.19. The molecule has 0 aliphatic heterocycles. The quantitative estimate of drug-likeness (QED) is 0.675. The molecule has 0 atom stereocenters. The Labute approximate surface area is 123 Å². The minimum atomic E-state index is 0.492. The Morgan fingerprint density at radius 2 is 2.05 bits per heavy atom. The van der Waals surface area contributed by atoms with Gasteiger partial charge in [0.25, 0.3) is 0 Å². The maximum absolute atomic E-state index is 5.99. The van der Waals surface area contributed by atoms with E-state index >= 15 is 0 Å². The van der Waals surface area contributed by atoms with Crippen molar-refractivity contribution in [1.29, 1.82) is 0 Å². The summed E-state index contributed by atoms with van der Waals surface area (Å²) in [6, 6.07) is 12.2. The SMILES string of the molecule is CCCc1cc(CCl)cc(-n2ncc3ccccc32)n1. The fourth-order valence-electron chi connectivity index (χ4n) is 2.36. The van der Waals surface area contributed by atoms with Gasteiger partial charge in [-0.15, -0.1) is 11.6 Å². The number of aromatic nitrogens is 3. The maximum atomic E-state index is 5.99. The summed E-state index contributed by atoms with van der Waals surface area (Å²) in [5, 5.41) is 5.57. The van der Waals surface area contributed by atoms with E-state index in [1.807, 2.05) is 29.1 Å². The molecule has 0 spiro atoms. The van der Waals surface area contributed by atoms with E-state index in [9.17, 15) is 0 Å². The number of alkyl halides is 1. The van der Waals surface area contributed by atoms with Gasteiger partial charge >= 0.3 is 0 Å². The van der Waals surface area contributed by atoms with E-state index < -0.39 is 0 Å². The number of fused-ring (bicyclic) bond motifs is 1. The Morgan fingerprint density at radius 3 is 2.85 bits per heavy atom. The van der Waals surface area contributed by atoms with Crippen LogP contribution < -0.4 is 0 Å². The van der Waals surface area contributed by atoms with Crippen molar-refractivity contribution in [2.75, 3.05) is 0 Å². The lowest BCUT2D eigenvalue weighted by Gasteiger charge is -2.08. The van der Waals surface area contributed by atoms with Crippen molar-refractivity contribution in [3.63, 3.8) is 0 Å². The first kappa shape index (κ1) is 13.1. The fourth-order valence-corrected chi connectivity index (χ4v) is 2.51. The number of nitrogens with zero attached hydrogens (tertiary/aromatic N) is 3. The topological polar surface area (TPSA) is 30.7 Å². The molecule has 1 aromatic carbocycles. The number of halogens is 1. The second-order valence-corrected chi connectivity index (χ2v) is 5.09. The van der Waals surface area contributed by atoms with E-state index in [0.29, 0.717) is 5.88 Å². The molecule has 0 saturated heterocycles. The molecular formula is C16H16ClN3. The average molecular weight is 286 g/mol.